The summed E-state index contributed by atoms with van der Waals surface area (Å²) in [6.07, 6.45) is 2.93. The van der Waals surface area contributed by atoms with Crippen LogP contribution in [0.3, 0.4) is 0 Å². The van der Waals surface area contributed by atoms with Crippen molar-refractivity contribution in [3.05, 3.63) is 54.0 Å². The summed E-state index contributed by atoms with van der Waals surface area (Å²) < 4.78 is 5.18. The molecule has 0 atom stereocenters. The number of rotatable bonds is 1. The molecule has 2 heterocycles. The third-order valence-corrected chi connectivity index (χ3v) is 3.90. The number of furan rings is 1. The first-order valence-electron chi connectivity index (χ1n) is 6.26. The van der Waals surface area contributed by atoms with Crippen LogP contribution in [0.2, 0.25) is 0 Å². The zero-order valence-electron chi connectivity index (χ0n) is 10.1. The quantitative estimate of drug-likeness (QED) is 0.785. The van der Waals surface area contributed by atoms with Crippen molar-refractivity contribution in [2.45, 2.75) is 18.4 Å². The fourth-order valence-corrected chi connectivity index (χ4v) is 2.83. The van der Waals surface area contributed by atoms with E-state index in [1.54, 1.807) is 23.1 Å². The van der Waals surface area contributed by atoms with Crippen molar-refractivity contribution in [3.63, 3.8) is 0 Å². The predicted molar refractivity (Wildman–Crippen MR) is 68.3 cm³/mol. The number of nitrogens with zero attached hydrogens (tertiary/aromatic N) is 1. The second-order valence-corrected chi connectivity index (χ2v) is 5.00. The molecule has 4 nitrogen and oxygen atoms in total. The van der Waals surface area contributed by atoms with Crippen molar-refractivity contribution in [2.24, 2.45) is 0 Å². The zero-order chi connectivity index (χ0) is 13.0. The highest BCUT2D eigenvalue weighted by molar-refractivity contribution is 6.24. The highest BCUT2D eigenvalue weighted by Gasteiger charge is 2.62. The lowest BCUT2D eigenvalue weighted by molar-refractivity contribution is 0.0889. The Morgan fingerprint density at radius 1 is 1.16 bits per heavy atom. The van der Waals surface area contributed by atoms with Gasteiger partial charge in [0.05, 0.1) is 12.0 Å². The van der Waals surface area contributed by atoms with Gasteiger partial charge in [-0.05, 0) is 37.1 Å². The lowest BCUT2D eigenvalue weighted by Gasteiger charge is -2.22. The average molecular weight is 253 g/mol. The Morgan fingerprint density at radius 3 is 2.63 bits per heavy atom. The number of Topliss-reactive ketones (excluding diaryl/α,β-unsaturated/α-hetero) is 1. The number of anilines is 1. The van der Waals surface area contributed by atoms with Gasteiger partial charge in [0.25, 0.3) is 5.91 Å². The van der Waals surface area contributed by atoms with Crippen LogP contribution in [0.5, 0.6) is 0 Å². The Hall–Kier alpha value is -2.36. The van der Waals surface area contributed by atoms with Crippen LogP contribution in [-0.4, -0.2) is 17.2 Å². The SMILES string of the molecule is O=C(c1ccco1)N1c2ccccc2C(=O)C12CC2. The number of ketones is 1. The van der Waals surface area contributed by atoms with Crippen molar-refractivity contribution < 1.29 is 14.0 Å². The van der Waals surface area contributed by atoms with E-state index in [2.05, 4.69) is 0 Å². The molecule has 94 valence electrons. The number of hydrogen-bond acceptors (Lipinski definition) is 3. The van der Waals surface area contributed by atoms with Crippen LogP contribution in [0.1, 0.15) is 33.8 Å². The highest BCUT2D eigenvalue weighted by atomic mass is 16.3. The number of benzene rings is 1. The second kappa shape index (κ2) is 3.35. The molecule has 0 unspecified atom stereocenters. The van der Waals surface area contributed by atoms with E-state index in [0.717, 1.165) is 12.8 Å². The van der Waals surface area contributed by atoms with Gasteiger partial charge in [-0.25, -0.2) is 0 Å². The molecule has 2 aliphatic rings. The van der Waals surface area contributed by atoms with Crippen molar-refractivity contribution in [1.29, 1.82) is 0 Å². The van der Waals surface area contributed by atoms with Gasteiger partial charge >= 0.3 is 0 Å². The Bertz CT molecular complexity index is 683. The minimum atomic E-state index is -0.645. The molecule has 0 bridgehead atoms. The van der Waals surface area contributed by atoms with Crippen molar-refractivity contribution in [3.8, 4) is 0 Å². The summed E-state index contributed by atoms with van der Waals surface area (Å²) in [5, 5.41) is 0. The Kier molecular flexibility index (Phi) is 1.86. The lowest BCUT2D eigenvalue weighted by atomic mass is 10.1. The average Bonchev–Trinajstić information content (AvgIpc) is 2.96. The molecule has 1 aromatic carbocycles. The molecule has 4 heteroatoms. The summed E-state index contributed by atoms with van der Waals surface area (Å²) in [4.78, 5) is 26.6. The topological polar surface area (TPSA) is 50.5 Å². The summed E-state index contributed by atoms with van der Waals surface area (Å²) in [5.41, 5.74) is 0.694. The Balaban J connectivity index is 1.88. The maximum atomic E-state index is 12.6. The van der Waals surface area contributed by atoms with Crippen LogP contribution in [0.4, 0.5) is 5.69 Å². The van der Waals surface area contributed by atoms with Crippen LogP contribution in [0.25, 0.3) is 0 Å². The summed E-state index contributed by atoms with van der Waals surface area (Å²) in [6, 6.07) is 10.6. The molecule has 1 amide bonds. The van der Waals surface area contributed by atoms with Crippen molar-refractivity contribution >= 4 is 17.4 Å². The maximum Gasteiger partial charge on any atom is 0.294 e. The standard InChI is InChI=1S/C15H11NO3/c17-13-10-4-1-2-5-11(10)16(15(13)7-8-15)14(18)12-6-3-9-19-12/h1-6,9H,7-8H2. The molecule has 2 aromatic rings. The summed E-state index contributed by atoms with van der Waals surface area (Å²) in [7, 11) is 0. The number of amides is 1. The zero-order valence-corrected chi connectivity index (χ0v) is 10.1. The highest BCUT2D eigenvalue weighted by Crippen LogP contribution is 2.53. The monoisotopic (exact) mass is 253 g/mol. The maximum absolute atomic E-state index is 12.6. The van der Waals surface area contributed by atoms with E-state index < -0.39 is 5.54 Å². The molecule has 4 rings (SSSR count). The smallest absolute Gasteiger partial charge is 0.294 e. The van der Waals surface area contributed by atoms with Gasteiger partial charge in [-0.1, -0.05) is 12.1 Å². The number of hydrogen-bond donors (Lipinski definition) is 0. The van der Waals surface area contributed by atoms with Crippen LogP contribution in [-0.2, 0) is 0 Å². The fourth-order valence-electron chi connectivity index (χ4n) is 2.83. The molecule has 1 aliphatic carbocycles. The van der Waals surface area contributed by atoms with Crippen molar-refractivity contribution in [1.82, 2.24) is 0 Å². The van der Waals surface area contributed by atoms with E-state index in [4.69, 9.17) is 4.42 Å². The molecule has 1 fully saturated rings. The minimum absolute atomic E-state index is 0.0583. The van der Waals surface area contributed by atoms with E-state index in [9.17, 15) is 9.59 Å². The van der Waals surface area contributed by atoms with Gasteiger partial charge in [0.2, 0.25) is 0 Å². The number of para-hydroxylation sites is 1. The van der Waals surface area contributed by atoms with E-state index in [1.165, 1.54) is 6.26 Å². The Labute approximate surface area is 109 Å². The first kappa shape index (κ1) is 10.6. The van der Waals surface area contributed by atoms with Crippen molar-refractivity contribution in [2.75, 3.05) is 4.90 Å². The van der Waals surface area contributed by atoms with Gasteiger partial charge in [-0.15, -0.1) is 0 Å². The molecule has 19 heavy (non-hydrogen) atoms. The largest absolute Gasteiger partial charge is 0.459 e. The molecular formula is C15H11NO3. The van der Waals surface area contributed by atoms with E-state index in [-0.39, 0.29) is 17.5 Å². The fraction of sp³-hybridized carbons (Fsp3) is 0.200. The van der Waals surface area contributed by atoms with E-state index in [1.807, 2.05) is 18.2 Å². The molecule has 1 aromatic heterocycles. The van der Waals surface area contributed by atoms with Gasteiger partial charge in [-0.3, -0.25) is 14.5 Å². The second-order valence-electron chi connectivity index (χ2n) is 5.00. The Morgan fingerprint density at radius 2 is 1.95 bits per heavy atom. The van der Waals surface area contributed by atoms with Crippen LogP contribution in [0, 0.1) is 0 Å². The predicted octanol–water partition coefficient (Wildman–Crippen LogP) is 2.66. The van der Waals surface area contributed by atoms with Crippen LogP contribution >= 0.6 is 0 Å². The van der Waals surface area contributed by atoms with Gasteiger partial charge in [0.15, 0.2) is 11.5 Å². The van der Waals surface area contributed by atoms with E-state index >= 15 is 0 Å². The number of fused-ring (bicyclic) bond motifs is 1. The first-order valence-corrected chi connectivity index (χ1v) is 6.26. The van der Waals surface area contributed by atoms with Crippen LogP contribution in [0.15, 0.2) is 47.1 Å². The van der Waals surface area contributed by atoms with Crippen LogP contribution < -0.4 is 4.90 Å². The number of carbonyl (C=O) groups excluding carboxylic acids is 2. The van der Waals surface area contributed by atoms with Gasteiger partial charge in [0, 0.05) is 5.56 Å². The lowest BCUT2D eigenvalue weighted by Crippen LogP contribution is -2.42. The molecule has 1 spiro atoms. The van der Waals surface area contributed by atoms with E-state index in [0.29, 0.717) is 11.3 Å². The summed E-state index contributed by atoms with van der Waals surface area (Å²) in [5.74, 6) is 0.0968. The molecule has 0 radical (unpaired) electrons. The summed E-state index contributed by atoms with van der Waals surface area (Å²) >= 11 is 0. The normalized spacial score (nSPS) is 18.7. The molecule has 1 saturated carbocycles. The molecular weight excluding hydrogens is 242 g/mol. The molecule has 1 aliphatic heterocycles. The first-order chi connectivity index (χ1) is 9.24. The van der Waals surface area contributed by atoms with Gasteiger partial charge < -0.3 is 4.42 Å². The van der Waals surface area contributed by atoms with Gasteiger partial charge in [0.1, 0.15) is 5.54 Å². The summed E-state index contributed by atoms with van der Waals surface area (Å²) in [6.45, 7) is 0. The third kappa shape index (κ3) is 1.23. The third-order valence-electron chi connectivity index (χ3n) is 3.90. The number of carbonyl (C=O) groups is 2. The molecule has 0 N–H and O–H groups in total. The van der Waals surface area contributed by atoms with Gasteiger partial charge in [-0.2, -0.15) is 0 Å². The molecule has 0 saturated heterocycles. The minimum Gasteiger partial charge on any atom is -0.459 e.